The van der Waals surface area contributed by atoms with Crippen LogP contribution < -0.4 is 5.73 Å². The molecule has 0 bridgehead atoms. The van der Waals surface area contributed by atoms with Gasteiger partial charge in [-0.2, -0.15) is 0 Å². The second kappa shape index (κ2) is 4.68. The first kappa shape index (κ1) is 11.8. The molecule has 88 valence electrons. The minimum Gasteiger partial charge on any atom is -0.319 e. The zero-order chi connectivity index (χ0) is 11.6. The summed E-state index contributed by atoms with van der Waals surface area (Å²) in [5.41, 5.74) is 5.71. The van der Waals surface area contributed by atoms with Crippen LogP contribution in [0.3, 0.4) is 0 Å². The first-order valence-electron chi connectivity index (χ1n) is 5.95. The number of nitrogens with two attached hydrogens (primary N) is 1. The normalized spacial score (nSPS) is 30.2. The van der Waals surface area contributed by atoms with Gasteiger partial charge in [0, 0.05) is 11.3 Å². The van der Waals surface area contributed by atoms with Crippen molar-refractivity contribution in [2.75, 3.05) is 0 Å². The third kappa shape index (κ3) is 2.53. The lowest BCUT2D eigenvalue weighted by Gasteiger charge is -2.35. The molecule has 0 saturated heterocycles. The van der Waals surface area contributed by atoms with E-state index >= 15 is 0 Å². The predicted octanol–water partition coefficient (Wildman–Crippen LogP) is 2.77. The van der Waals surface area contributed by atoms with Gasteiger partial charge in [0.15, 0.2) is 5.78 Å². The molecule has 1 heterocycles. The smallest absolute Gasteiger partial charge is 0.157 e. The minimum absolute atomic E-state index is 0.224. The van der Waals surface area contributed by atoms with E-state index in [9.17, 15) is 4.79 Å². The monoisotopic (exact) mass is 237 g/mol. The highest BCUT2D eigenvalue weighted by atomic mass is 32.1. The molecule has 1 aromatic rings. The van der Waals surface area contributed by atoms with Crippen molar-refractivity contribution in [1.29, 1.82) is 0 Å². The van der Waals surface area contributed by atoms with Crippen LogP contribution in [0.5, 0.6) is 0 Å². The lowest BCUT2D eigenvalue weighted by molar-refractivity contribution is -0.125. The zero-order valence-corrected chi connectivity index (χ0v) is 10.6. The number of hydrogen-bond donors (Lipinski definition) is 1. The van der Waals surface area contributed by atoms with E-state index in [1.165, 1.54) is 6.42 Å². The Bertz CT molecular complexity index is 360. The van der Waals surface area contributed by atoms with Crippen molar-refractivity contribution in [3.05, 3.63) is 22.4 Å². The van der Waals surface area contributed by atoms with Crippen molar-refractivity contribution < 1.29 is 4.79 Å². The third-order valence-electron chi connectivity index (χ3n) is 3.50. The molecule has 2 atom stereocenters. The van der Waals surface area contributed by atoms with Gasteiger partial charge in [0.1, 0.15) is 0 Å². The Morgan fingerprint density at radius 2 is 2.50 bits per heavy atom. The van der Waals surface area contributed by atoms with Crippen LogP contribution in [0, 0.1) is 5.92 Å². The first-order valence-corrected chi connectivity index (χ1v) is 6.83. The van der Waals surface area contributed by atoms with E-state index in [0.29, 0.717) is 12.3 Å². The highest BCUT2D eigenvalue weighted by Gasteiger charge is 2.37. The summed E-state index contributed by atoms with van der Waals surface area (Å²) >= 11 is 1.64. The highest BCUT2D eigenvalue weighted by molar-refractivity contribution is 7.10. The number of rotatable bonds is 3. The standard InChI is InChI=1S/C13H19NOS/c1-10-4-2-6-13(14,9-10)12(15)8-11-5-3-7-16-11/h3,5,7,10H,2,4,6,8-9,14H2,1H3. The fourth-order valence-corrected chi connectivity index (χ4v) is 3.30. The summed E-state index contributed by atoms with van der Waals surface area (Å²) in [6.07, 6.45) is 4.54. The second-order valence-corrected chi connectivity index (χ2v) is 6.07. The molecule has 1 aliphatic carbocycles. The van der Waals surface area contributed by atoms with Gasteiger partial charge in [0.2, 0.25) is 0 Å². The Balaban J connectivity index is 2.02. The maximum absolute atomic E-state index is 12.2. The number of thiophene rings is 1. The van der Waals surface area contributed by atoms with Crippen LogP contribution in [0.15, 0.2) is 17.5 Å². The van der Waals surface area contributed by atoms with E-state index in [2.05, 4.69) is 6.92 Å². The van der Waals surface area contributed by atoms with Crippen LogP contribution in [0.25, 0.3) is 0 Å². The van der Waals surface area contributed by atoms with Gasteiger partial charge in [0.25, 0.3) is 0 Å². The van der Waals surface area contributed by atoms with Crippen LogP contribution in [-0.4, -0.2) is 11.3 Å². The summed E-state index contributed by atoms with van der Waals surface area (Å²) in [6, 6.07) is 4.00. The quantitative estimate of drug-likeness (QED) is 0.878. The predicted molar refractivity (Wildman–Crippen MR) is 67.6 cm³/mol. The molecule has 1 aromatic heterocycles. The highest BCUT2D eigenvalue weighted by Crippen LogP contribution is 2.32. The topological polar surface area (TPSA) is 43.1 Å². The maximum Gasteiger partial charge on any atom is 0.157 e. The van der Waals surface area contributed by atoms with Crippen LogP contribution >= 0.6 is 11.3 Å². The van der Waals surface area contributed by atoms with E-state index in [1.807, 2.05) is 17.5 Å². The molecular weight excluding hydrogens is 218 g/mol. The van der Waals surface area contributed by atoms with Crippen LogP contribution in [0.1, 0.15) is 37.5 Å². The summed E-state index contributed by atoms with van der Waals surface area (Å²) < 4.78 is 0. The second-order valence-electron chi connectivity index (χ2n) is 5.04. The molecule has 1 fully saturated rings. The van der Waals surface area contributed by atoms with E-state index in [4.69, 9.17) is 5.73 Å². The number of ketones is 1. The van der Waals surface area contributed by atoms with Crippen LogP contribution in [-0.2, 0) is 11.2 Å². The molecule has 16 heavy (non-hydrogen) atoms. The van der Waals surface area contributed by atoms with Gasteiger partial charge < -0.3 is 5.73 Å². The van der Waals surface area contributed by atoms with Gasteiger partial charge in [-0.1, -0.05) is 25.8 Å². The summed E-state index contributed by atoms with van der Waals surface area (Å²) in [6.45, 7) is 2.19. The number of carbonyl (C=O) groups excluding carboxylic acids is 1. The molecule has 1 aliphatic rings. The van der Waals surface area contributed by atoms with Crippen molar-refractivity contribution in [1.82, 2.24) is 0 Å². The number of Topliss-reactive ketones (excluding diaryl/α,β-unsaturated/α-hetero) is 1. The number of hydrogen-bond acceptors (Lipinski definition) is 3. The average molecular weight is 237 g/mol. The Morgan fingerprint density at radius 1 is 1.69 bits per heavy atom. The molecule has 0 aliphatic heterocycles. The van der Waals surface area contributed by atoms with E-state index < -0.39 is 5.54 Å². The largest absolute Gasteiger partial charge is 0.319 e. The number of carbonyl (C=O) groups is 1. The molecule has 0 amide bonds. The molecule has 2 N–H and O–H groups in total. The lowest BCUT2D eigenvalue weighted by atomic mass is 9.74. The Kier molecular flexibility index (Phi) is 3.45. The fraction of sp³-hybridized carbons (Fsp3) is 0.615. The minimum atomic E-state index is -0.554. The molecule has 0 aromatic carbocycles. The Labute approximate surface area is 101 Å². The molecule has 1 saturated carbocycles. The van der Waals surface area contributed by atoms with Gasteiger partial charge in [0.05, 0.1) is 5.54 Å². The summed E-state index contributed by atoms with van der Waals surface area (Å²) in [7, 11) is 0. The molecule has 2 nitrogen and oxygen atoms in total. The van der Waals surface area contributed by atoms with E-state index in [1.54, 1.807) is 11.3 Å². The third-order valence-corrected chi connectivity index (χ3v) is 4.38. The van der Waals surface area contributed by atoms with Gasteiger partial charge in [-0.25, -0.2) is 0 Å². The van der Waals surface area contributed by atoms with Crippen molar-refractivity contribution in [2.24, 2.45) is 11.7 Å². The maximum atomic E-state index is 12.2. The fourth-order valence-electron chi connectivity index (χ4n) is 2.59. The first-order chi connectivity index (χ1) is 7.60. The SMILES string of the molecule is CC1CCCC(N)(C(=O)Cc2cccs2)C1. The van der Waals surface area contributed by atoms with E-state index in [-0.39, 0.29) is 5.78 Å². The van der Waals surface area contributed by atoms with Crippen LogP contribution in [0.2, 0.25) is 0 Å². The van der Waals surface area contributed by atoms with Gasteiger partial charge in [-0.05, 0) is 30.2 Å². The van der Waals surface area contributed by atoms with Gasteiger partial charge in [-0.3, -0.25) is 4.79 Å². The molecule has 0 radical (unpaired) electrons. The molecule has 2 unspecified atom stereocenters. The summed E-state index contributed by atoms with van der Waals surface area (Å²) in [5.74, 6) is 0.813. The van der Waals surface area contributed by atoms with Crippen molar-refractivity contribution >= 4 is 17.1 Å². The summed E-state index contributed by atoms with van der Waals surface area (Å²) in [5, 5.41) is 2.01. The molecule has 2 rings (SSSR count). The lowest BCUT2D eigenvalue weighted by Crippen LogP contribution is -2.51. The van der Waals surface area contributed by atoms with E-state index in [0.717, 1.165) is 24.1 Å². The molecular formula is C13H19NOS. The van der Waals surface area contributed by atoms with Crippen molar-refractivity contribution in [2.45, 2.75) is 44.6 Å². The van der Waals surface area contributed by atoms with Gasteiger partial charge in [-0.15, -0.1) is 11.3 Å². The Hall–Kier alpha value is -0.670. The Morgan fingerprint density at radius 3 is 3.12 bits per heavy atom. The van der Waals surface area contributed by atoms with Crippen LogP contribution in [0.4, 0.5) is 0 Å². The summed E-state index contributed by atoms with van der Waals surface area (Å²) in [4.78, 5) is 13.3. The zero-order valence-electron chi connectivity index (χ0n) is 9.74. The van der Waals surface area contributed by atoms with Crippen molar-refractivity contribution in [3.8, 4) is 0 Å². The molecule has 0 spiro atoms. The average Bonchev–Trinajstić information content (AvgIpc) is 2.70. The van der Waals surface area contributed by atoms with Crippen molar-refractivity contribution in [3.63, 3.8) is 0 Å². The molecule has 3 heteroatoms. The van der Waals surface area contributed by atoms with Gasteiger partial charge >= 0.3 is 0 Å².